The fourth-order valence-electron chi connectivity index (χ4n) is 5.80. The molecule has 1 N–H and O–H groups in total. The Labute approximate surface area is 244 Å². The quantitative estimate of drug-likeness (QED) is 0.179. The Morgan fingerprint density at radius 2 is 0.585 bits per heavy atom. The van der Waals surface area contributed by atoms with Crippen molar-refractivity contribution in [2.75, 3.05) is 0 Å². The van der Waals surface area contributed by atoms with Gasteiger partial charge < -0.3 is 4.80 Å². The maximum absolute atomic E-state index is 12.6. The molecule has 0 saturated heterocycles. The van der Waals surface area contributed by atoms with Crippen LogP contribution in [0.4, 0.5) is 0 Å². The van der Waals surface area contributed by atoms with Gasteiger partial charge in [-0.05, 0) is 68.2 Å². The predicted molar refractivity (Wildman–Crippen MR) is 175 cm³/mol. The van der Waals surface area contributed by atoms with E-state index in [1.165, 1.54) is 50.1 Å². The number of hydrogen-bond donors (Lipinski definition) is 1. The Morgan fingerprint density at radius 1 is 0.317 bits per heavy atom. The molecular formula is C39H34OSi. The third kappa shape index (κ3) is 6.81. The number of hydrogen-bond acceptors (Lipinski definition) is 1. The number of rotatable bonds is 9. The summed E-state index contributed by atoms with van der Waals surface area (Å²) in [6.07, 6.45) is 0. The Balaban J connectivity index is 1.34. The average molecular weight is 547 g/mol. The maximum atomic E-state index is 12.6. The first-order chi connectivity index (χ1) is 20.1. The van der Waals surface area contributed by atoms with Crippen LogP contribution in [-0.2, 0) is 18.1 Å². The van der Waals surface area contributed by atoms with Gasteiger partial charge in [0.05, 0.1) is 0 Å². The summed E-state index contributed by atoms with van der Waals surface area (Å²) in [6.45, 7) is 0. The van der Waals surface area contributed by atoms with Gasteiger partial charge in [-0.3, -0.25) is 0 Å². The zero-order chi connectivity index (χ0) is 27.9. The Kier molecular flexibility index (Phi) is 8.04. The van der Waals surface area contributed by atoms with Crippen molar-refractivity contribution >= 4 is 8.32 Å². The van der Waals surface area contributed by atoms with Gasteiger partial charge in [-0.1, -0.05) is 164 Å². The van der Waals surface area contributed by atoms with E-state index in [1.807, 2.05) is 18.2 Å². The molecule has 0 unspecified atom stereocenters. The molecule has 0 atom stereocenters. The first-order valence-electron chi connectivity index (χ1n) is 14.3. The molecule has 0 radical (unpaired) electrons. The van der Waals surface area contributed by atoms with Crippen molar-refractivity contribution in [3.8, 4) is 33.4 Å². The van der Waals surface area contributed by atoms with E-state index in [2.05, 4.69) is 146 Å². The van der Waals surface area contributed by atoms with Crippen LogP contribution >= 0.6 is 0 Å². The van der Waals surface area contributed by atoms with Gasteiger partial charge in [-0.15, -0.1) is 0 Å². The van der Waals surface area contributed by atoms with Crippen LogP contribution in [0.5, 0.6) is 0 Å². The van der Waals surface area contributed by atoms with Crippen LogP contribution in [-0.4, -0.2) is 13.1 Å². The van der Waals surface area contributed by atoms with E-state index in [1.54, 1.807) is 0 Å². The molecule has 6 aromatic carbocycles. The van der Waals surface area contributed by atoms with Gasteiger partial charge in [-0.2, -0.15) is 0 Å². The van der Waals surface area contributed by atoms with Gasteiger partial charge in [0.2, 0.25) is 8.32 Å². The van der Waals surface area contributed by atoms with Crippen molar-refractivity contribution < 1.29 is 4.80 Å². The van der Waals surface area contributed by atoms with Gasteiger partial charge in [0, 0.05) is 0 Å². The third-order valence-corrected chi connectivity index (χ3v) is 10.9. The van der Waals surface area contributed by atoms with Crippen LogP contribution in [0.3, 0.4) is 0 Å². The number of benzene rings is 6. The van der Waals surface area contributed by atoms with E-state index in [0.717, 1.165) is 0 Å². The second-order valence-electron chi connectivity index (χ2n) is 11.0. The molecule has 6 rings (SSSR count). The molecule has 1 nitrogen and oxygen atoms in total. The topological polar surface area (TPSA) is 20.2 Å². The smallest absolute Gasteiger partial charge is 0.201 e. The molecule has 0 fully saturated rings. The van der Waals surface area contributed by atoms with E-state index in [-0.39, 0.29) is 0 Å². The molecule has 0 aliphatic rings. The zero-order valence-electron chi connectivity index (χ0n) is 23.2. The lowest BCUT2D eigenvalue weighted by Crippen LogP contribution is -2.44. The molecule has 0 aromatic heterocycles. The maximum Gasteiger partial charge on any atom is 0.201 e. The summed E-state index contributed by atoms with van der Waals surface area (Å²) in [6, 6.07) is 59.7. The second-order valence-corrected chi connectivity index (χ2v) is 14.5. The summed E-state index contributed by atoms with van der Waals surface area (Å²) in [5.41, 5.74) is 10.8. The Morgan fingerprint density at radius 3 is 0.878 bits per heavy atom. The van der Waals surface area contributed by atoms with E-state index in [9.17, 15) is 4.80 Å². The van der Waals surface area contributed by atoms with Crippen molar-refractivity contribution in [2.24, 2.45) is 0 Å². The van der Waals surface area contributed by atoms with Crippen LogP contribution in [0.15, 0.2) is 164 Å². The highest BCUT2D eigenvalue weighted by Crippen LogP contribution is 2.28. The summed E-state index contributed by atoms with van der Waals surface area (Å²) in [4.78, 5) is 12.6. The van der Waals surface area contributed by atoms with Gasteiger partial charge >= 0.3 is 0 Å². The van der Waals surface area contributed by atoms with E-state index in [4.69, 9.17) is 0 Å². The molecule has 2 heteroatoms. The average Bonchev–Trinajstić information content (AvgIpc) is 3.02. The van der Waals surface area contributed by atoms with Crippen LogP contribution in [0.1, 0.15) is 16.7 Å². The summed E-state index contributed by atoms with van der Waals surface area (Å²) in [5, 5.41) is 0. The van der Waals surface area contributed by atoms with E-state index in [0.29, 0.717) is 18.1 Å². The van der Waals surface area contributed by atoms with Gasteiger partial charge in [0.1, 0.15) is 0 Å². The largest absolute Gasteiger partial charge is 0.431 e. The van der Waals surface area contributed by atoms with Crippen molar-refractivity contribution in [3.63, 3.8) is 0 Å². The van der Waals surface area contributed by atoms with Crippen molar-refractivity contribution in [1.29, 1.82) is 0 Å². The minimum atomic E-state index is -2.84. The van der Waals surface area contributed by atoms with Gasteiger partial charge in [0.25, 0.3) is 0 Å². The molecule has 41 heavy (non-hydrogen) atoms. The molecule has 0 saturated carbocycles. The van der Waals surface area contributed by atoms with Gasteiger partial charge in [0.15, 0.2) is 0 Å². The van der Waals surface area contributed by atoms with Crippen molar-refractivity contribution in [3.05, 3.63) is 180 Å². The van der Waals surface area contributed by atoms with Crippen LogP contribution in [0, 0.1) is 0 Å². The molecule has 0 bridgehead atoms. The third-order valence-electron chi connectivity index (χ3n) is 7.70. The standard InChI is InChI=1S/C39H34OSi/c40-41(28-31-13-10-22-37(25-31)34-16-4-1-5-17-34,29-32-14-11-23-38(26-32)35-18-6-2-7-19-35)30-33-15-12-24-39(27-33)36-20-8-3-9-21-36/h1-27,40H,28-30H2. The minimum absolute atomic E-state index is 0.693. The lowest BCUT2D eigenvalue weighted by molar-refractivity contribution is 0.523. The first-order valence-corrected chi connectivity index (χ1v) is 16.9. The Hall–Kier alpha value is -4.50. The normalized spacial score (nSPS) is 11.3. The van der Waals surface area contributed by atoms with E-state index >= 15 is 0 Å². The lowest BCUT2D eigenvalue weighted by Gasteiger charge is -2.27. The minimum Gasteiger partial charge on any atom is -0.431 e. The molecule has 200 valence electrons. The van der Waals surface area contributed by atoms with Crippen molar-refractivity contribution in [2.45, 2.75) is 18.1 Å². The first kappa shape index (κ1) is 26.7. The second kappa shape index (κ2) is 12.3. The predicted octanol–water partition coefficient (Wildman–Crippen LogP) is 9.27. The Bertz CT molecular complexity index is 1510. The summed E-state index contributed by atoms with van der Waals surface area (Å²) in [7, 11) is -2.84. The summed E-state index contributed by atoms with van der Waals surface area (Å²) < 4.78 is 0. The molecule has 0 aliphatic heterocycles. The highest BCUT2D eigenvalue weighted by Gasteiger charge is 2.32. The molecule has 6 aromatic rings. The molecular weight excluding hydrogens is 513 g/mol. The summed E-state index contributed by atoms with van der Waals surface area (Å²) in [5.74, 6) is 0. The van der Waals surface area contributed by atoms with Crippen molar-refractivity contribution in [1.82, 2.24) is 0 Å². The fraction of sp³-hybridized carbons (Fsp3) is 0.0769. The molecule has 0 amide bonds. The van der Waals surface area contributed by atoms with Crippen LogP contribution in [0.25, 0.3) is 33.4 Å². The monoisotopic (exact) mass is 546 g/mol. The van der Waals surface area contributed by atoms with E-state index < -0.39 is 8.32 Å². The van der Waals surface area contributed by atoms with Crippen LogP contribution < -0.4 is 0 Å². The highest BCUT2D eigenvalue weighted by molar-refractivity contribution is 6.71. The highest BCUT2D eigenvalue weighted by atomic mass is 28.4. The zero-order valence-corrected chi connectivity index (χ0v) is 24.2. The molecule has 0 heterocycles. The van der Waals surface area contributed by atoms with Gasteiger partial charge in [-0.25, -0.2) is 0 Å². The molecule has 0 aliphatic carbocycles. The molecule has 0 spiro atoms. The summed E-state index contributed by atoms with van der Waals surface area (Å²) >= 11 is 0. The van der Waals surface area contributed by atoms with Crippen LogP contribution in [0.2, 0.25) is 0 Å². The SMILES string of the molecule is O[Si](Cc1cccc(-c2ccccc2)c1)(Cc1cccc(-c2ccccc2)c1)Cc1cccc(-c2ccccc2)c1. The fourth-order valence-corrected chi connectivity index (χ4v) is 9.12. The lowest BCUT2D eigenvalue weighted by atomic mass is 10.0.